The van der Waals surface area contributed by atoms with Crippen LogP contribution in [0.2, 0.25) is 0 Å². The van der Waals surface area contributed by atoms with Gasteiger partial charge < -0.3 is 10.1 Å². The van der Waals surface area contributed by atoms with Crippen LogP contribution in [-0.4, -0.2) is 19.6 Å². The standard InChI is InChI=1S/C12H16BrNO2/c1-8(2)10-6-9(13)4-5-11(10)16-7-12(15)14-3/h4-6,8H,7H2,1-3H3,(H,14,15). The van der Waals surface area contributed by atoms with Crippen molar-refractivity contribution in [1.29, 1.82) is 0 Å². The summed E-state index contributed by atoms with van der Waals surface area (Å²) in [5, 5.41) is 2.52. The second-order valence-electron chi connectivity index (χ2n) is 3.80. The first-order valence-corrected chi connectivity index (χ1v) is 5.96. The highest BCUT2D eigenvalue weighted by Crippen LogP contribution is 2.29. The minimum atomic E-state index is -0.127. The summed E-state index contributed by atoms with van der Waals surface area (Å²) >= 11 is 3.42. The van der Waals surface area contributed by atoms with E-state index in [9.17, 15) is 4.79 Å². The molecule has 0 fully saturated rings. The van der Waals surface area contributed by atoms with E-state index < -0.39 is 0 Å². The smallest absolute Gasteiger partial charge is 0.257 e. The second-order valence-corrected chi connectivity index (χ2v) is 4.71. The molecule has 0 aromatic heterocycles. The highest BCUT2D eigenvalue weighted by Gasteiger charge is 2.09. The molecule has 0 aliphatic carbocycles. The van der Waals surface area contributed by atoms with Crippen LogP contribution >= 0.6 is 15.9 Å². The third kappa shape index (κ3) is 3.52. The van der Waals surface area contributed by atoms with E-state index in [1.165, 1.54) is 0 Å². The van der Waals surface area contributed by atoms with Crippen LogP contribution in [0.5, 0.6) is 5.75 Å². The number of carbonyl (C=O) groups excluding carboxylic acids is 1. The molecule has 16 heavy (non-hydrogen) atoms. The number of carbonyl (C=O) groups is 1. The summed E-state index contributed by atoms with van der Waals surface area (Å²) in [5.74, 6) is 0.997. The molecule has 1 aromatic rings. The fraction of sp³-hybridized carbons (Fsp3) is 0.417. The molecule has 1 amide bonds. The van der Waals surface area contributed by atoms with Gasteiger partial charge in [0.25, 0.3) is 5.91 Å². The molecule has 0 saturated heterocycles. The number of rotatable bonds is 4. The van der Waals surface area contributed by atoms with E-state index in [2.05, 4.69) is 35.1 Å². The van der Waals surface area contributed by atoms with Crippen molar-refractivity contribution in [2.45, 2.75) is 19.8 Å². The highest BCUT2D eigenvalue weighted by molar-refractivity contribution is 9.10. The molecular formula is C12H16BrNO2. The third-order valence-electron chi connectivity index (χ3n) is 2.23. The van der Waals surface area contributed by atoms with Gasteiger partial charge in [-0.25, -0.2) is 0 Å². The molecule has 0 saturated carbocycles. The van der Waals surface area contributed by atoms with Gasteiger partial charge in [-0.1, -0.05) is 29.8 Å². The third-order valence-corrected chi connectivity index (χ3v) is 2.72. The van der Waals surface area contributed by atoms with Gasteiger partial charge in [-0.15, -0.1) is 0 Å². The minimum Gasteiger partial charge on any atom is -0.483 e. The first-order chi connectivity index (χ1) is 7.54. The maximum atomic E-state index is 11.1. The maximum Gasteiger partial charge on any atom is 0.257 e. The molecule has 1 N–H and O–H groups in total. The second kappa shape index (κ2) is 5.89. The van der Waals surface area contributed by atoms with Crippen LogP contribution in [0.4, 0.5) is 0 Å². The Morgan fingerprint density at radius 1 is 1.50 bits per heavy atom. The average molecular weight is 286 g/mol. The topological polar surface area (TPSA) is 38.3 Å². The highest BCUT2D eigenvalue weighted by atomic mass is 79.9. The Kier molecular flexibility index (Phi) is 4.80. The molecular weight excluding hydrogens is 270 g/mol. The summed E-state index contributed by atoms with van der Waals surface area (Å²) in [7, 11) is 1.59. The largest absolute Gasteiger partial charge is 0.483 e. The number of amides is 1. The zero-order chi connectivity index (χ0) is 12.1. The number of hydrogen-bond acceptors (Lipinski definition) is 2. The Bertz CT molecular complexity index is 377. The minimum absolute atomic E-state index is 0.0534. The van der Waals surface area contributed by atoms with Crippen LogP contribution in [0, 0.1) is 0 Å². The van der Waals surface area contributed by atoms with Crippen molar-refractivity contribution in [2.75, 3.05) is 13.7 Å². The summed E-state index contributed by atoms with van der Waals surface area (Å²) in [6.07, 6.45) is 0. The SMILES string of the molecule is CNC(=O)COc1ccc(Br)cc1C(C)C. The summed E-state index contributed by atoms with van der Waals surface area (Å²) in [5.41, 5.74) is 1.10. The molecule has 0 atom stereocenters. The van der Waals surface area contributed by atoms with E-state index in [0.717, 1.165) is 15.8 Å². The predicted molar refractivity (Wildman–Crippen MR) is 67.8 cm³/mol. The lowest BCUT2D eigenvalue weighted by Gasteiger charge is -2.13. The van der Waals surface area contributed by atoms with Crippen molar-refractivity contribution >= 4 is 21.8 Å². The Balaban J connectivity index is 2.82. The summed E-state index contributed by atoms with van der Waals surface area (Å²) < 4.78 is 6.49. The molecule has 0 unspecified atom stereocenters. The molecule has 1 aromatic carbocycles. The van der Waals surface area contributed by atoms with Crippen LogP contribution in [0.15, 0.2) is 22.7 Å². The summed E-state index contributed by atoms with van der Waals surface area (Å²) in [6.45, 7) is 4.24. The number of hydrogen-bond donors (Lipinski definition) is 1. The number of nitrogens with one attached hydrogen (secondary N) is 1. The van der Waals surface area contributed by atoms with Crippen molar-refractivity contribution < 1.29 is 9.53 Å². The van der Waals surface area contributed by atoms with Gasteiger partial charge in [0.2, 0.25) is 0 Å². The summed E-state index contributed by atoms with van der Waals surface area (Å²) in [6, 6.07) is 5.80. The van der Waals surface area contributed by atoms with Gasteiger partial charge >= 0.3 is 0 Å². The molecule has 0 aliphatic rings. The van der Waals surface area contributed by atoms with Crippen LogP contribution < -0.4 is 10.1 Å². The first-order valence-electron chi connectivity index (χ1n) is 5.17. The van der Waals surface area contributed by atoms with Crippen LogP contribution in [0.3, 0.4) is 0 Å². The van der Waals surface area contributed by atoms with Crippen molar-refractivity contribution in [3.63, 3.8) is 0 Å². The number of likely N-dealkylation sites (N-methyl/N-ethyl adjacent to an activating group) is 1. The maximum absolute atomic E-state index is 11.1. The molecule has 88 valence electrons. The van der Waals surface area contributed by atoms with Crippen molar-refractivity contribution in [3.8, 4) is 5.75 Å². The lowest BCUT2D eigenvalue weighted by Crippen LogP contribution is -2.25. The van der Waals surface area contributed by atoms with Gasteiger partial charge in [0.1, 0.15) is 5.75 Å². The zero-order valence-corrected chi connectivity index (χ0v) is 11.3. The lowest BCUT2D eigenvalue weighted by molar-refractivity contribution is -0.122. The van der Waals surface area contributed by atoms with Crippen molar-refractivity contribution in [3.05, 3.63) is 28.2 Å². The van der Waals surface area contributed by atoms with E-state index in [1.54, 1.807) is 7.05 Å². The summed E-state index contributed by atoms with van der Waals surface area (Å²) in [4.78, 5) is 11.1. The zero-order valence-electron chi connectivity index (χ0n) is 9.71. The molecule has 3 nitrogen and oxygen atoms in total. The van der Waals surface area contributed by atoms with Crippen LogP contribution in [0.1, 0.15) is 25.3 Å². The Morgan fingerprint density at radius 2 is 2.19 bits per heavy atom. The fourth-order valence-electron chi connectivity index (χ4n) is 1.32. The Hall–Kier alpha value is -1.03. The lowest BCUT2D eigenvalue weighted by atomic mass is 10.0. The molecule has 0 bridgehead atoms. The van der Waals surface area contributed by atoms with Gasteiger partial charge in [-0.2, -0.15) is 0 Å². The molecule has 0 aliphatic heterocycles. The van der Waals surface area contributed by atoms with Gasteiger partial charge in [0, 0.05) is 11.5 Å². The number of ether oxygens (including phenoxy) is 1. The van der Waals surface area contributed by atoms with E-state index in [4.69, 9.17) is 4.74 Å². The monoisotopic (exact) mass is 285 g/mol. The quantitative estimate of drug-likeness (QED) is 0.924. The molecule has 0 spiro atoms. The first kappa shape index (κ1) is 13.0. The van der Waals surface area contributed by atoms with Gasteiger partial charge in [0.15, 0.2) is 6.61 Å². The Morgan fingerprint density at radius 3 is 2.75 bits per heavy atom. The Labute approximate surface area is 104 Å². The number of halogens is 1. The van der Waals surface area contributed by atoms with E-state index in [0.29, 0.717) is 5.92 Å². The molecule has 4 heteroatoms. The molecule has 0 radical (unpaired) electrons. The van der Waals surface area contributed by atoms with Crippen molar-refractivity contribution in [1.82, 2.24) is 5.32 Å². The van der Waals surface area contributed by atoms with Gasteiger partial charge in [-0.3, -0.25) is 4.79 Å². The molecule has 1 rings (SSSR count). The normalized spacial score (nSPS) is 10.3. The van der Waals surface area contributed by atoms with Crippen molar-refractivity contribution in [2.24, 2.45) is 0 Å². The van der Waals surface area contributed by atoms with Crippen LogP contribution in [0.25, 0.3) is 0 Å². The van der Waals surface area contributed by atoms with E-state index in [-0.39, 0.29) is 12.5 Å². The van der Waals surface area contributed by atoms with Gasteiger partial charge in [0.05, 0.1) is 0 Å². The van der Waals surface area contributed by atoms with Gasteiger partial charge in [-0.05, 0) is 29.7 Å². The molecule has 0 heterocycles. The number of benzene rings is 1. The van der Waals surface area contributed by atoms with Crippen LogP contribution in [-0.2, 0) is 4.79 Å². The van der Waals surface area contributed by atoms with E-state index in [1.807, 2.05) is 18.2 Å². The predicted octanol–water partition coefficient (Wildman–Crippen LogP) is 2.70. The average Bonchev–Trinajstić information content (AvgIpc) is 2.26. The van der Waals surface area contributed by atoms with E-state index >= 15 is 0 Å². The fourth-order valence-corrected chi connectivity index (χ4v) is 1.70.